The van der Waals surface area contributed by atoms with Gasteiger partial charge in [-0.1, -0.05) is 0 Å². The maximum atomic E-state index is 12.1. The fourth-order valence-corrected chi connectivity index (χ4v) is 2.59. The number of nitrogens with zero attached hydrogens (tertiary/aromatic N) is 1. The number of anilines is 2. The lowest BCUT2D eigenvalue weighted by molar-refractivity contribution is -0.114. The number of hydrogen-bond donors (Lipinski definition) is 2. The van der Waals surface area contributed by atoms with Gasteiger partial charge in [0, 0.05) is 23.2 Å². The number of amides is 2. The number of rotatable bonds is 3. The van der Waals surface area contributed by atoms with E-state index in [-0.39, 0.29) is 11.8 Å². The van der Waals surface area contributed by atoms with Crippen molar-refractivity contribution in [1.29, 1.82) is 0 Å². The first-order valence-corrected chi connectivity index (χ1v) is 6.90. The number of benzene rings is 1. The van der Waals surface area contributed by atoms with E-state index in [0.29, 0.717) is 17.1 Å². The second-order valence-electron chi connectivity index (χ2n) is 4.35. The van der Waals surface area contributed by atoms with E-state index in [9.17, 15) is 9.59 Å². The molecule has 1 heterocycles. The summed E-state index contributed by atoms with van der Waals surface area (Å²) in [4.78, 5) is 28.1. The summed E-state index contributed by atoms with van der Waals surface area (Å²) in [5, 5.41) is 6.32. The lowest BCUT2D eigenvalue weighted by Crippen LogP contribution is -2.13. The monoisotopic (exact) mass is 289 g/mol. The zero-order chi connectivity index (χ0) is 14.7. The van der Waals surface area contributed by atoms with E-state index in [0.717, 1.165) is 9.88 Å². The zero-order valence-corrected chi connectivity index (χ0v) is 12.3. The average Bonchev–Trinajstić information content (AvgIpc) is 2.70. The second-order valence-corrected chi connectivity index (χ2v) is 5.76. The number of carbonyl (C=O) groups excluding carboxylic acids is 2. The Morgan fingerprint density at radius 3 is 2.05 bits per heavy atom. The standard InChI is InChI=1S/C14H15N3O2S/c1-8-13(16-10(3)20-8)14(19)17-12-6-4-11(5-7-12)15-9(2)18/h4-7H,1-3H3,(H,15,18)(H,17,19). The molecule has 6 heteroatoms. The molecule has 0 saturated carbocycles. The SMILES string of the molecule is CC(=O)Nc1ccc(NC(=O)c2nc(C)sc2C)cc1. The van der Waals surface area contributed by atoms with E-state index < -0.39 is 0 Å². The lowest BCUT2D eigenvalue weighted by Gasteiger charge is -2.06. The molecule has 2 aromatic rings. The maximum absolute atomic E-state index is 12.1. The molecule has 2 rings (SSSR count). The van der Waals surface area contributed by atoms with E-state index in [1.54, 1.807) is 24.3 Å². The molecule has 0 aliphatic carbocycles. The number of hydrogen-bond acceptors (Lipinski definition) is 4. The van der Waals surface area contributed by atoms with E-state index in [2.05, 4.69) is 15.6 Å². The largest absolute Gasteiger partial charge is 0.326 e. The molecule has 2 N–H and O–H groups in total. The van der Waals surface area contributed by atoms with E-state index in [1.165, 1.54) is 18.3 Å². The van der Waals surface area contributed by atoms with Gasteiger partial charge in [-0.15, -0.1) is 11.3 Å². The third-order valence-corrected chi connectivity index (χ3v) is 3.47. The molecular weight excluding hydrogens is 274 g/mol. The summed E-state index contributed by atoms with van der Waals surface area (Å²) in [5.41, 5.74) is 1.81. The Morgan fingerprint density at radius 1 is 1.05 bits per heavy atom. The van der Waals surface area contributed by atoms with Crippen molar-refractivity contribution in [1.82, 2.24) is 4.98 Å². The predicted molar refractivity (Wildman–Crippen MR) is 80.3 cm³/mol. The smallest absolute Gasteiger partial charge is 0.275 e. The minimum absolute atomic E-state index is 0.129. The summed E-state index contributed by atoms with van der Waals surface area (Å²) in [6.07, 6.45) is 0. The summed E-state index contributed by atoms with van der Waals surface area (Å²) < 4.78 is 0. The van der Waals surface area contributed by atoms with Crippen LogP contribution in [0.5, 0.6) is 0 Å². The highest BCUT2D eigenvalue weighted by Gasteiger charge is 2.13. The molecule has 5 nitrogen and oxygen atoms in total. The van der Waals surface area contributed by atoms with Crippen molar-refractivity contribution in [3.05, 3.63) is 39.8 Å². The fourth-order valence-electron chi connectivity index (χ4n) is 1.77. The topological polar surface area (TPSA) is 71.1 Å². The van der Waals surface area contributed by atoms with Gasteiger partial charge in [-0.05, 0) is 38.1 Å². The Bertz CT molecular complexity index is 647. The fraction of sp³-hybridized carbons (Fsp3) is 0.214. The van der Waals surface area contributed by atoms with Gasteiger partial charge in [0.05, 0.1) is 5.01 Å². The molecule has 20 heavy (non-hydrogen) atoms. The van der Waals surface area contributed by atoms with Gasteiger partial charge >= 0.3 is 0 Å². The highest BCUT2D eigenvalue weighted by atomic mass is 32.1. The summed E-state index contributed by atoms with van der Waals surface area (Å²) >= 11 is 1.50. The number of aromatic nitrogens is 1. The van der Waals surface area contributed by atoms with Crippen molar-refractivity contribution in [2.45, 2.75) is 20.8 Å². The summed E-state index contributed by atoms with van der Waals surface area (Å²) in [5.74, 6) is -0.352. The van der Waals surface area contributed by atoms with Crippen LogP contribution in [0.3, 0.4) is 0 Å². The van der Waals surface area contributed by atoms with Gasteiger partial charge in [-0.2, -0.15) is 0 Å². The van der Waals surface area contributed by atoms with Crippen molar-refractivity contribution in [3.8, 4) is 0 Å². The van der Waals surface area contributed by atoms with Gasteiger partial charge in [0.25, 0.3) is 5.91 Å². The molecule has 0 aliphatic rings. The van der Waals surface area contributed by atoms with Crippen LogP contribution in [-0.4, -0.2) is 16.8 Å². The molecular formula is C14H15N3O2S. The van der Waals surface area contributed by atoms with E-state index in [4.69, 9.17) is 0 Å². The molecule has 0 radical (unpaired) electrons. The maximum Gasteiger partial charge on any atom is 0.275 e. The Morgan fingerprint density at radius 2 is 1.60 bits per heavy atom. The predicted octanol–water partition coefficient (Wildman–Crippen LogP) is 2.97. The normalized spacial score (nSPS) is 10.2. The minimum atomic E-state index is -0.223. The molecule has 0 bridgehead atoms. The van der Waals surface area contributed by atoms with Gasteiger partial charge in [0.2, 0.25) is 5.91 Å². The molecule has 0 saturated heterocycles. The van der Waals surface area contributed by atoms with Crippen molar-refractivity contribution >= 4 is 34.5 Å². The van der Waals surface area contributed by atoms with Crippen molar-refractivity contribution in [3.63, 3.8) is 0 Å². The Balaban J connectivity index is 2.08. The molecule has 1 aromatic heterocycles. The van der Waals surface area contributed by atoms with E-state index >= 15 is 0 Å². The number of thiazole rings is 1. The summed E-state index contributed by atoms with van der Waals surface area (Å²) in [6.45, 7) is 5.19. The van der Waals surface area contributed by atoms with Crippen molar-refractivity contribution in [2.75, 3.05) is 10.6 Å². The Kier molecular flexibility index (Phi) is 4.14. The number of aryl methyl sites for hydroxylation is 2. The van der Waals surface area contributed by atoms with Crippen LogP contribution in [0.15, 0.2) is 24.3 Å². The summed E-state index contributed by atoms with van der Waals surface area (Å²) in [7, 11) is 0. The van der Waals surface area contributed by atoms with Crippen LogP contribution in [0, 0.1) is 13.8 Å². The highest BCUT2D eigenvalue weighted by Crippen LogP contribution is 2.19. The van der Waals surface area contributed by atoms with Crippen LogP contribution in [-0.2, 0) is 4.79 Å². The second kappa shape index (κ2) is 5.83. The molecule has 0 spiro atoms. The molecule has 0 unspecified atom stereocenters. The van der Waals surface area contributed by atoms with Crippen LogP contribution in [0.1, 0.15) is 27.3 Å². The van der Waals surface area contributed by atoms with Gasteiger partial charge in [-0.25, -0.2) is 4.98 Å². The molecule has 0 fully saturated rings. The van der Waals surface area contributed by atoms with Gasteiger partial charge < -0.3 is 10.6 Å². The Labute approximate surface area is 121 Å². The molecule has 0 aliphatic heterocycles. The summed E-state index contributed by atoms with van der Waals surface area (Å²) in [6, 6.07) is 6.93. The Hall–Kier alpha value is -2.21. The van der Waals surface area contributed by atoms with Gasteiger partial charge in [-0.3, -0.25) is 9.59 Å². The molecule has 2 amide bonds. The third kappa shape index (κ3) is 3.42. The highest BCUT2D eigenvalue weighted by molar-refractivity contribution is 7.11. The zero-order valence-electron chi connectivity index (χ0n) is 11.5. The average molecular weight is 289 g/mol. The van der Waals surface area contributed by atoms with Crippen LogP contribution in [0.2, 0.25) is 0 Å². The molecule has 104 valence electrons. The van der Waals surface area contributed by atoms with Crippen LogP contribution in [0.25, 0.3) is 0 Å². The molecule has 0 atom stereocenters. The minimum Gasteiger partial charge on any atom is -0.326 e. The van der Waals surface area contributed by atoms with Crippen LogP contribution < -0.4 is 10.6 Å². The van der Waals surface area contributed by atoms with Crippen LogP contribution in [0.4, 0.5) is 11.4 Å². The van der Waals surface area contributed by atoms with Crippen molar-refractivity contribution in [2.24, 2.45) is 0 Å². The molecule has 1 aromatic carbocycles. The number of carbonyl (C=O) groups is 2. The van der Waals surface area contributed by atoms with Gasteiger partial charge in [0.1, 0.15) is 5.69 Å². The number of nitrogens with one attached hydrogen (secondary N) is 2. The van der Waals surface area contributed by atoms with Crippen molar-refractivity contribution < 1.29 is 9.59 Å². The van der Waals surface area contributed by atoms with Gasteiger partial charge in [0.15, 0.2) is 0 Å². The first-order valence-electron chi connectivity index (χ1n) is 6.09. The van der Waals surface area contributed by atoms with E-state index in [1.807, 2.05) is 13.8 Å². The first-order chi connectivity index (χ1) is 9.45. The lowest BCUT2D eigenvalue weighted by atomic mass is 10.2. The quantitative estimate of drug-likeness (QED) is 0.912. The first kappa shape index (κ1) is 14.2. The third-order valence-electron chi connectivity index (χ3n) is 2.58. The van der Waals surface area contributed by atoms with Crippen LogP contribution >= 0.6 is 11.3 Å².